The van der Waals surface area contributed by atoms with Crippen LogP contribution in [0.1, 0.15) is 37.3 Å². The molecule has 0 radical (unpaired) electrons. The van der Waals surface area contributed by atoms with E-state index in [-0.39, 0.29) is 6.04 Å². The highest BCUT2D eigenvalue weighted by molar-refractivity contribution is 5.18. The third-order valence-corrected chi connectivity index (χ3v) is 3.37. The normalized spacial score (nSPS) is 22.9. The molecule has 1 aromatic rings. The van der Waals surface area contributed by atoms with E-state index in [2.05, 4.69) is 24.3 Å². The van der Waals surface area contributed by atoms with Crippen LogP contribution in [-0.4, -0.2) is 13.2 Å². The molecule has 0 spiro atoms. The summed E-state index contributed by atoms with van der Waals surface area (Å²) in [5, 5.41) is 0. The zero-order valence-electron chi connectivity index (χ0n) is 9.77. The zero-order valence-corrected chi connectivity index (χ0v) is 9.77. The molecule has 1 saturated heterocycles. The van der Waals surface area contributed by atoms with Crippen molar-refractivity contribution in [2.75, 3.05) is 13.2 Å². The summed E-state index contributed by atoms with van der Waals surface area (Å²) >= 11 is 0. The van der Waals surface area contributed by atoms with Gasteiger partial charge in [0.05, 0.1) is 0 Å². The standard InChI is InChI=1S/C14H21NO/c15-14(13-6-2-1-3-7-13)9-8-12-5-4-10-16-11-12/h1-3,6-7,12,14H,4-5,8-11,15H2. The Labute approximate surface area is 97.8 Å². The van der Waals surface area contributed by atoms with E-state index >= 15 is 0 Å². The molecule has 2 unspecified atom stereocenters. The molecule has 2 atom stereocenters. The van der Waals surface area contributed by atoms with Crippen molar-refractivity contribution < 1.29 is 4.74 Å². The Kier molecular flexibility index (Phi) is 4.37. The van der Waals surface area contributed by atoms with Gasteiger partial charge < -0.3 is 10.5 Å². The monoisotopic (exact) mass is 219 g/mol. The molecular formula is C14H21NO. The molecular weight excluding hydrogens is 198 g/mol. The van der Waals surface area contributed by atoms with Gasteiger partial charge in [-0.05, 0) is 37.2 Å². The molecule has 1 aliphatic heterocycles. The predicted molar refractivity (Wildman–Crippen MR) is 66.1 cm³/mol. The molecule has 16 heavy (non-hydrogen) atoms. The van der Waals surface area contributed by atoms with Crippen LogP contribution < -0.4 is 5.73 Å². The van der Waals surface area contributed by atoms with Crippen molar-refractivity contribution in [1.29, 1.82) is 0 Å². The molecule has 2 N–H and O–H groups in total. The van der Waals surface area contributed by atoms with Crippen LogP contribution in [0.4, 0.5) is 0 Å². The Bertz CT molecular complexity index is 293. The van der Waals surface area contributed by atoms with Crippen LogP contribution in [0.5, 0.6) is 0 Å². The van der Waals surface area contributed by atoms with Crippen LogP contribution in [-0.2, 0) is 4.74 Å². The first-order valence-corrected chi connectivity index (χ1v) is 6.24. The number of benzene rings is 1. The minimum Gasteiger partial charge on any atom is -0.381 e. The topological polar surface area (TPSA) is 35.2 Å². The summed E-state index contributed by atoms with van der Waals surface area (Å²) < 4.78 is 5.48. The first kappa shape index (κ1) is 11.6. The predicted octanol–water partition coefficient (Wildman–Crippen LogP) is 2.89. The van der Waals surface area contributed by atoms with Crippen molar-refractivity contribution in [2.45, 2.75) is 31.7 Å². The SMILES string of the molecule is NC(CCC1CCCOC1)c1ccccc1. The summed E-state index contributed by atoms with van der Waals surface area (Å²) in [5.74, 6) is 0.725. The molecule has 0 saturated carbocycles. The molecule has 1 aromatic carbocycles. The van der Waals surface area contributed by atoms with E-state index in [0.717, 1.165) is 25.6 Å². The third kappa shape index (κ3) is 3.32. The second-order valence-electron chi connectivity index (χ2n) is 4.68. The average molecular weight is 219 g/mol. The molecule has 0 aliphatic carbocycles. The molecule has 2 heteroatoms. The van der Waals surface area contributed by atoms with E-state index in [4.69, 9.17) is 10.5 Å². The summed E-state index contributed by atoms with van der Waals surface area (Å²) in [6, 6.07) is 10.6. The molecule has 1 heterocycles. The van der Waals surface area contributed by atoms with Crippen molar-refractivity contribution in [3.8, 4) is 0 Å². The minimum absolute atomic E-state index is 0.183. The summed E-state index contributed by atoms with van der Waals surface area (Å²) in [6.45, 7) is 1.88. The molecule has 2 rings (SSSR count). The van der Waals surface area contributed by atoms with Crippen molar-refractivity contribution in [3.05, 3.63) is 35.9 Å². The Hall–Kier alpha value is -0.860. The fourth-order valence-corrected chi connectivity index (χ4v) is 2.32. The van der Waals surface area contributed by atoms with E-state index in [1.54, 1.807) is 0 Å². The maximum absolute atomic E-state index is 6.17. The molecule has 2 nitrogen and oxygen atoms in total. The average Bonchev–Trinajstić information content (AvgIpc) is 2.38. The Morgan fingerprint density at radius 1 is 1.31 bits per heavy atom. The lowest BCUT2D eigenvalue weighted by molar-refractivity contribution is 0.0503. The lowest BCUT2D eigenvalue weighted by Gasteiger charge is -2.23. The van der Waals surface area contributed by atoms with Crippen molar-refractivity contribution in [1.82, 2.24) is 0 Å². The smallest absolute Gasteiger partial charge is 0.0494 e. The maximum Gasteiger partial charge on any atom is 0.0494 e. The van der Waals surface area contributed by atoms with Crippen molar-refractivity contribution in [3.63, 3.8) is 0 Å². The van der Waals surface area contributed by atoms with Gasteiger partial charge in [0.1, 0.15) is 0 Å². The highest BCUT2D eigenvalue weighted by Crippen LogP contribution is 2.23. The van der Waals surface area contributed by atoms with Crippen molar-refractivity contribution in [2.24, 2.45) is 11.7 Å². The number of nitrogens with two attached hydrogens (primary N) is 1. The van der Waals surface area contributed by atoms with Gasteiger partial charge >= 0.3 is 0 Å². The van der Waals surface area contributed by atoms with Crippen LogP contribution in [0.15, 0.2) is 30.3 Å². The third-order valence-electron chi connectivity index (χ3n) is 3.37. The number of hydrogen-bond donors (Lipinski definition) is 1. The van der Waals surface area contributed by atoms with Gasteiger partial charge in [-0.3, -0.25) is 0 Å². The van der Waals surface area contributed by atoms with E-state index < -0.39 is 0 Å². The quantitative estimate of drug-likeness (QED) is 0.845. The van der Waals surface area contributed by atoms with Crippen LogP contribution >= 0.6 is 0 Å². The lowest BCUT2D eigenvalue weighted by Crippen LogP contribution is -2.19. The van der Waals surface area contributed by atoms with Gasteiger partial charge in [-0.15, -0.1) is 0 Å². The highest BCUT2D eigenvalue weighted by Gasteiger charge is 2.15. The van der Waals surface area contributed by atoms with Gasteiger partial charge in [0.2, 0.25) is 0 Å². The minimum atomic E-state index is 0.183. The molecule has 1 aliphatic rings. The highest BCUT2D eigenvalue weighted by atomic mass is 16.5. The maximum atomic E-state index is 6.17. The Morgan fingerprint density at radius 2 is 2.12 bits per heavy atom. The van der Waals surface area contributed by atoms with Gasteiger partial charge in [0.25, 0.3) is 0 Å². The number of ether oxygens (including phenoxy) is 1. The lowest BCUT2D eigenvalue weighted by atomic mass is 9.93. The zero-order chi connectivity index (χ0) is 11.2. The molecule has 0 amide bonds. The molecule has 0 aromatic heterocycles. The number of hydrogen-bond acceptors (Lipinski definition) is 2. The van der Waals surface area contributed by atoms with E-state index in [1.165, 1.54) is 24.8 Å². The van der Waals surface area contributed by atoms with Gasteiger partial charge in [0.15, 0.2) is 0 Å². The van der Waals surface area contributed by atoms with Crippen LogP contribution in [0.2, 0.25) is 0 Å². The summed E-state index contributed by atoms with van der Waals surface area (Å²) in [4.78, 5) is 0. The van der Waals surface area contributed by atoms with Gasteiger partial charge in [0, 0.05) is 19.3 Å². The first-order valence-electron chi connectivity index (χ1n) is 6.24. The van der Waals surface area contributed by atoms with Gasteiger partial charge in [-0.25, -0.2) is 0 Å². The van der Waals surface area contributed by atoms with Gasteiger partial charge in [-0.1, -0.05) is 30.3 Å². The molecule has 1 fully saturated rings. The van der Waals surface area contributed by atoms with Gasteiger partial charge in [-0.2, -0.15) is 0 Å². The molecule has 0 bridgehead atoms. The van der Waals surface area contributed by atoms with E-state index in [9.17, 15) is 0 Å². The van der Waals surface area contributed by atoms with Crippen LogP contribution in [0, 0.1) is 5.92 Å². The largest absolute Gasteiger partial charge is 0.381 e. The second kappa shape index (κ2) is 6.02. The second-order valence-corrected chi connectivity index (χ2v) is 4.68. The van der Waals surface area contributed by atoms with Crippen LogP contribution in [0.25, 0.3) is 0 Å². The van der Waals surface area contributed by atoms with Crippen LogP contribution in [0.3, 0.4) is 0 Å². The van der Waals surface area contributed by atoms with Crippen molar-refractivity contribution >= 4 is 0 Å². The Morgan fingerprint density at radius 3 is 2.81 bits per heavy atom. The fraction of sp³-hybridized carbons (Fsp3) is 0.571. The molecule has 88 valence electrons. The number of rotatable bonds is 4. The Balaban J connectivity index is 1.77. The fourth-order valence-electron chi connectivity index (χ4n) is 2.32. The first-order chi connectivity index (χ1) is 7.86. The summed E-state index contributed by atoms with van der Waals surface area (Å²) in [5.41, 5.74) is 7.42. The van der Waals surface area contributed by atoms with E-state index in [1.807, 2.05) is 6.07 Å². The summed E-state index contributed by atoms with van der Waals surface area (Å²) in [6.07, 6.45) is 4.78. The summed E-state index contributed by atoms with van der Waals surface area (Å²) in [7, 11) is 0. The van der Waals surface area contributed by atoms with E-state index in [0.29, 0.717) is 0 Å².